The smallest absolute Gasteiger partial charge is 0.319 e. The number of likely N-dealkylation sites (tertiary alicyclic amines) is 1. The largest absolute Gasteiger partial charge is 0.463 e. The standard InChI is InChI=1S/C31H28ClF4N7O3/c1-16(33)29(44)43-7-6-42(13-18(43)3-5-37)28-25-24(39-30(40-28)46-14-19-12-31(35,36)15-41(19)2)11-21(20-4-8-45-27(20)25)22-9-17(38)10-23(34)26(22)32/h4,8-11,18-19H,1,3,6-7,12-15,38H2,2H3/t18-,19-/m0/s1. The van der Waals surface area contributed by atoms with Crippen LogP contribution in [-0.2, 0) is 4.79 Å². The number of nitrogens with two attached hydrogens (primary N) is 1. The molecule has 1 amide bonds. The molecule has 4 heterocycles. The minimum absolute atomic E-state index is 0.0509. The molecular weight excluding hydrogens is 630 g/mol. The van der Waals surface area contributed by atoms with Gasteiger partial charge < -0.3 is 24.7 Å². The summed E-state index contributed by atoms with van der Waals surface area (Å²) >= 11 is 6.38. The van der Waals surface area contributed by atoms with Crippen molar-refractivity contribution in [2.45, 2.75) is 30.8 Å². The van der Waals surface area contributed by atoms with Crippen LogP contribution in [0.3, 0.4) is 0 Å². The van der Waals surface area contributed by atoms with Crippen LogP contribution in [0, 0.1) is 17.1 Å². The number of rotatable bonds is 7. The van der Waals surface area contributed by atoms with Gasteiger partial charge in [-0.3, -0.25) is 9.69 Å². The number of fused-ring (bicyclic) bond motifs is 3. The van der Waals surface area contributed by atoms with Crippen molar-refractivity contribution in [1.82, 2.24) is 19.8 Å². The fourth-order valence-corrected chi connectivity index (χ4v) is 6.40. The summed E-state index contributed by atoms with van der Waals surface area (Å²) in [5.74, 6) is -5.30. The van der Waals surface area contributed by atoms with Crippen LogP contribution in [0.4, 0.5) is 29.1 Å². The number of anilines is 2. The van der Waals surface area contributed by atoms with E-state index in [1.165, 1.54) is 22.1 Å². The maximum atomic E-state index is 14.7. The minimum atomic E-state index is -2.86. The van der Waals surface area contributed by atoms with Crippen molar-refractivity contribution in [2.75, 3.05) is 50.5 Å². The Morgan fingerprint density at radius 2 is 2.04 bits per heavy atom. The molecule has 2 aliphatic heterocycles. The van der Waals surface area contributed by atoms with E-state index in [1.54, 1.807) is 24.1 Å². The number of nitrogen functional groups attached to an aromatic ring is 1. The number of carbonyl (C=O) groups excluding carboxylic acids is 1. The van der Waals surface area contributed by atoms with Crippen molar-refractivity contribution < 1.29 is 31.5 Å². The van der Waals surface area contributed by atoms with Gasteiger partial charge in [0, 0.05) is 48.7 Å². The molecule has 0 unspecified atom stereocenters. The Kier molecular flexibility index (Phi) is 8.16. The minimum Gasteiger partial charge on any atom is -0.463 e. The number of nitriles is 1. The summed E-state index contributed by atoms with van der Waals surface area (Å²) in [5.41, 5.74) is 7.47. The number of carbonyl (C=O) groups is 1. The number of nitrogens with zero attached hydrogens (tertiary/aromatic N) is 6. The molecular formula is C31H28ClF4N7O3. The lowest BCUT2D eigenvalue weighted by atomic mass is 9.98. The molecule has 2 saturated heterocycles. The van der Waals surface area contributed by atoms with Crippen molar-refractivity contribution in [1.29, 1.82) is 5.26 Å². The van der Waals surface area contributed by atoms with Crippen molar-refractivity contribution in [3.63, 3.8) is 0 Å². The molecule has 2 aromatic heterocycles. The van der Waals surface area contributed by atoms with Crippen LogP contribution < -0.4 is 15.4 Å². The van der Waals surface area contributed by atoms with Gasteiger partial charge in [0.05, 0.1) is 47.3 Å². The topological polar surface area (TPSA) is 125 Å². The van der Waals surface area contributed by atoms with E-state index >= 15 is 0 Å². The van der Waals surface area contributed by atoms with Crippen molar-refractivity contribution in [3.05, 3.63) is 53.8 Å². The number of halogens is 5. The third-order valence-electron chi connectivity index (χ3n) is 8.35. The number of hydrogen-bond acceptors (Lipinski definition) is 9. The zero-order chi connectivity index (χ0) is 32.9. The van der Waals surface area contributed by atoms with Gasteiger partial charge in [-0.05, 0) is 36.9 Å². The van der Waals surface area contributed by atoms with Crippen LogP contribution in [0.2, 0.25) is 5.02 Å². The van der Waals surface area contributed by atoms with Gasteiger partial charge in [-0.1, -0.05) is 18.2 Å². The summed E-state index contributed by atoms with van der Waals surface area (Å²) in [7, 11) is 1.58. The quantitative estimate of drug-likeness (QED) is 0.155. The molecule has 0 aliphatic carbocycles. The zero-order valence-corrected chi connectivity index (χ0v) is 25.3. The van der Waals surface area contributed by atoms with E-state index in [2.05, 4.69) is 16.5 Å². The van der Waals surface area contributed by atoms with Gasteiger partial charge in [-0.2, -0.15) is 15.2 Å². The first-order valence-corrected chi connectivity index (χ1v) is 14.7. The van der Waals surface area contributed by atoms with Crippen LogP contribution in [0.25, 0.3) is 33.0 Å². The first-order valence-electron chi connectivity index (χ1n) is 14.3. The maximum Gasteiger partial charge on any atom is 0.319 e. The lowest BCUT2D eigenvalue weighted by Crippen LogP contribution is -2.55. The Labute approximate surface area is 265 Å². The number of alkyl halides is 2. The number of ether oxygens (including phenoxy) is 1. The van der Waals surface area contributed by atoms with Crippen molar-refractivity contribution in [3.8, 4) is 23.2 Å². The number of benzene rings is 2. The van der Waals surface area contributed by atoms with E-state index in [0.717, 1.165) is 6.07 Å². The number of amides is 1. The second-order valence-corrected chi connectivity index (χ2v) is 11.9. The van der Waals surface area contributed by atoms with E-state index in [1.807, 2.05) is 6.07 Å². The molecule has 0 saturated carbocycles. The molecule has 0 spiro atoms. The molecule has 2 atom stereocenters. The highest BCUT2D eigenvalue weighted by molar-refractivity contribution is 6.34. The Balaban J connectivity index is 1.49. The molecule has 2 fully saturated rings. The molecule has 10 nitrogen and oxygen atoms in total. The van der Waals surface area contributed by atoms with Gasteiger partial charge in [-0.15, -0.1) is 0 Å². The predicted molar refractivity (Wildman–Crippen MR) is 164 cm³/mol. The Bertz CT molecular complexity index is 1910. The second kappa shape index (κ2) is 12.0. The molecule has 46 heavy (non-hydrogen) atoms. The van der Waals surface area contributed by atoms with Gasteiger partial charge in [0.25, 0.3) is 11.8 Å². The van der Waals surface area contributed by atoms with Gasteiger partial charge in [0.1, 0.15) is 23.8 Å². The summed E-state index contributed by atoms with van der Waals surface area (Å²) in [6, 6.07) is 6.57. The lowest BCUT2D eigenvalue weighted by molar-refractivity contribution is -0.131. The van der Waals surface area contributed by atoms with Gasteiger partial charge in [0.2, 0.25) is 0 Å². The zero-order valence-electron chi connectivity index (χ0n) is 24.6. The van der Waals surface area contributed by atoms with Gasteiger partial charge in [-0.25, -0.2) is 17.6 Å². The van der Waals surface area contributed by atoms with Gasteiger partial charge >= 0.3 is 6.01 Å². The van der Waals surface area contributed by atoms with E-state index in [4.69, 9.17) is 26.5 Å². The highest BCUT2D eigenvalue weighted by atomic mass is 35.5. The third-order valence-corrected chi connectivity index (χ3v) is 8.73. The average molecular weight is 658 g/mol. The molecule has 0 bridgehead atoms. The first kappa shape index (κ1) is 31.4. The summed E-state index contributed by atoms with van der Waals surface area (Å²) < 4.78 is 68.5. The highest BCUT2D eigenvalue weighted by Crippen LogP contribution is 2.43. The second-order valence-electron chi connectivity index (χ2n) is 11.5. The fraction of sp³-hybridized carbons (Fsp3) is 0.355. The van der Waals surface area contributed by atoms with Crippen LogP contribution in [0.1, 0.15) is 12.8 Å². The van der Waals surface area contributed by atoms with Crippen molar-refractivity contribution in [2.24, 2.45) is 0 Å². The van der Waals surface area contributed by atoms with Gasteiger partial charge in [0.15, 0.2) is 5.83 Å². The number of hydrogen-bond donors (Lipinski definition) is 1. The molecule has 2 N–H and O–H groups in total. The summed E-state index contributed by atoms with van der Waals surface area (Å²) in [5, 5.41) is 10.3. The monoisotopic (exact) mass is 657 g/mol. The first-order chi connectivity index (χ1) is 21.9. The number of aromatic nitrogens is 2. The maximum absolute atomic E-state index is 14.7. The molecule has 4 aromatic rings. The van der Waals surface area contributed by atoms with Crippen LogP contribution >= 0.6 is 11.6 Å². The Hall–Kier alpha value is -4.61. The molecule has 240 valence electrons. The third kappa shape index (κ3) is 5.76. The molecule has 0 radical (unpaired) electrons. The fourth-order valence-electron chi connectivity index (χ4n) is 6.19. The van der Waals surface area contributed by atoms with Crippen LogP contribution in [0.5, 0.6) is 6.01 Å². The number of piperazine rings is 1. The Morgan fingerprint density at radius 1 is 1.26 bits per heavy atom. The summed E-state index contributed by atoms with van der Waals surface area (Å²) in [6.45, 7) is 2.89. The van der Waals surface area contributed by atoms with E-state index < -0.39 is 48.5 Å². The average Bonchev–Trinajstić information content (AvgIpc) is 3.60. The Morgan fingerprint density at radius 3 is 2.74 bits per heavy atom. The highest BCUT2D eigenvalue weighted by Gasteiger charge is 2.43. The normalized spacial score (nSPS) is 19.9. The summed E-state index contributed by atoms with van der Waals surface area (Å²) in [6.07, 6.45) is 0.951. The SMILES string of the molecule is C=C(F)C(=O)N1CCN(c2nc(OC[C@@H]3CC(F)(F)CN3C)nc3cc(-c4cc(N)cc(F)c4Cl)c4ccoc4c23)C[C@@H]1CC#N. The summed E-state index contributed by atoms with van der Waals surface area (Å²) in [4.78, 5) is 26.3. The lowest BCUT2D eigenvalue weighted by Gasteiger charge is -2.41. The van der Waals surface area contributed by atoms with Crippen LogP contribution in [0.15, 0.2) is 47.4 Å². The van der Waals surface area contributed by atoms with E-state index in [-0.39, 0.29) is 54.9 Å². The van der Waals surface area contributed by atoms with Crippen LogP contribution in [-0.4, -0.2) is 83.5 Å². The molecule has 2 aliphatic rings. The predicted octanol–water partition coefficient (Wildman–Crippen LogP) is 5.55. The number of likely N-dealkylation sites (N-methyl/N-ethyl adjacent to an activating group) is 1. The molecule has 6 rings (SSSR count). The number of furan rings is 1. The van der Waals surface area contributed by atoms with Crippen molar-refractivity contribution >= 4 is 50.9 Å². The van der Waals surface area contributed by atoms with E-state index in [9.17, 15) is 27.6 Å². The molecule has 2 aromatic carbocycles. The van der Waals surface area contributed by atoms with E-state index in [0.29, 0.717) is 33.3 Å². The molecule has 15 heteroatoms.